The van der Waals surface area contributed by atoms with E-state index in [1.54, 1.807) is 54.6 Å². The third-order valence-corrected chi connectivity index (χ3v) is 6.60. The second kappa shape index (κ2) is 10.7. The van der Waals surface area contributed by atoms with E-state index in [1.165, 1.54) is 30.2 Å². The van der Waals surface area contributed by atoms with E-state index in [4.69, 9.17) is 10.2 Å². The monoisotopic (exact) mass is 566 g/mol. The molecule has 0 aliphatic carbocycles. The molecule has 1 saturated heterocycles. The minimum Gasteiger partial charge on any atom is -0.459 e. The Labute approximate surface area is 232 Å². The minimum absolute atomic E-state index is 0.0185. The van der Waals surface area contributed by atoms with Crippen LogP contribution < -0.4 is 11.1 Å². The lowest BCUT2D eigenvalue weighted by atomic mass is 9.96. The third-order valence-electron chi connectivity index (χ3n) is 6.60. The number of amides is 2. The maximum Gasteiger partial charge on any atom is 0.393 e. The van der Waals surface area contributed by atoms with Crippen molar-refractivity contribution in [2.24, 2.45) is 0 Å². The number of pyridine rings is 1. The van der Waals surface area contributed by atoms with E-state index >= 15 is 0 Å². The summed E-state index contributed by atoms with van der Waals surface area (Å²) >= 11 is 0. The van der Waals surface area contributed by atoms with E-state index in [2.05, 4.69) is 10.3 Å². The number of hydrogen-bond donors (Lipinski definition) is 2. The van der Waals surface area contributed by atoms with Crippen molar-refractivity contribution in [2.75, 3.05) is 18.8 Å². The third kappa shape index (κ3) is 6.74. The molecule has 7 nitrogen and oxygen atoms in total. The highest BCUT2D eigenvalue weighted by molar-refractivity contribution is 5.96. The number of halogens is 4. The number of aromatic nitrogens is 1. The molecule has 41 heavy (non-hydrogen) atoms. The summed E-state index contributed by atoms with van der Waals surface area (Å²) < 4.78 is 59.8. The maximum atomic E-state index is 13.8. The van der Waals surface area contributed by atoms with Gasteiger partial charge in [0.1, 0.15) is 22.8 Å². The summed E-state index contributed by atoms with van der Waals surface area (Å²) in [5.74, 6) is -0.0959. The highest BCUT2D eigenvalue weighted by Gasteiger charge is 2.41. The largest absolute Gasteiger partial charge is 0.459 e. The zero-order chi connectivity index (χ0) is 29.4. The molecular formula is C30H26F4N4O3. The standard InChI is InChI=1S/C30H26F4N4O3/c1-29(31)16-38(17-29)28(40)20-6-4-19(5-7-20)21-10-22-12-24(41-27(22)23(11-21)13-30(32,33)34)15-37-26(39)9-3-18-2-8-25(35)36-14-18/h2-12,14H,13,15-17H2,1H3,(H2,35,36)(H,37,39). The summed E-state index contributed by atoms with van der Waals surface area (Å²) in [4.78, 5) is 30.2. The number of nitrogen functional groups attached to an aromatic ring is 1. The van der Waals surface area contributed by atoms with E-state index in [-0.39, 0.29) is 42.4 Å². The first kappa shape index (κ1) is 27.9. The van der Waals surface area contributed by atoms with E-state index in [9.17, 15) is 27.2 Å². The van der Waals surface area contributed by atoms with Crippen LogP contribution in [0.1, 0.15) is 34.2 Å². The summed E-state index contributed by atoms with van der Waals surface area (Å²) in [5.41, 5.74) is 6.32. The number of carbonyl (C=O) groups excluding carboxylic acids is 2. The van der Waals surface area contributed by atoms with Crippen molar-refractivity contribution >= 4 is 34.7 Å². The molecule has 3 N–H and O–H groups in total. The van der Waals surface area contributed by atoms with E-state index < -0.39 is 24.2 Å². The normalized spacial score (nSPS) is 14.8. The Morgan fingerprint density at radius 3 is 2.46 bits per heavy atom. The topological polar surface area (TPSA) is 101 Å². The molecule has 5 rings (SSSR count). The van der Waals surface area contributed by atoms with Gasteiger partial charge in [0.15, 0.2) is 0 Å². The van der Waals surface area contributed by atoms with Crippen LogP contribution in [0.5, 0.6) is 0 Å². The molecule has 1 fully saturated rings. The predicted octanol–water partition coefficient (Wildman–Crippen LogP) is 5.70. The number of alkyl halides is 4. The quantitative estimate of drug-likeness (QED) is 0.221. The lowest BCUT2D eigenvalue weighted by molar-refractivity contribution is -0.127. The molecule has 1 aliphatic heterocycles. The number of benzene rings is 2. The van der Waals surface area contributed by atoms with Gasteiger partial charge in [0.25, 0.3) is 5.91 Å². The SMILES string of the molecule is CC1(F)CN(C(=O)c2ccc(-c3cc(CC(F)(F)F)c4oc(CNC(=O)C=Cc5ccc(N)nc5)cc4c3)cc2)C1. The number of nitrogens with zero attached hydrogens (tertiary/aromatic N) is 2. The van der Waals surface area contributed by atoms with Crippen LogP contribution in [-0.4, -0.2) is 46.6 Å². The van der Waals surface area contributed by atoms with Crippen LogP contribution in [-0.2, 0) is 17.8 Å². The molecule has 0 radical (unpaired) electrons. The number of furan rings is 1. The summed E-state index contributed by atoms with van der Waals surface area (Å²) in [6, 6.07) is 14.4. The van der Waals surface area contributed by atoms with Gasteiger partial charge in [0, 0.05) is 28.8 Å². The second-order valence-corrected chi connectivity index (χ2v) is 10.3. The number of anilines is 1. The Bertz CT molecular complexity index is 1620. The van der Waals surface area contributed by atoms with Gasteiger partial charge in [0.05, 0.1) is 26.1 Å². The van der Waals surface area contributed by atoms with Crippen molar-refractivity contribution in [1.29, 1.82) is 0 Å². The molecule has 0 spiro atoms. The van der Waals surface area contributed by atoms with Crippen LogP contribution >= 0.6 is 0 Å². The summed E-state index contributed by atoms with van der Waals surface area (Å²) in [5, 5.41) is 3.09. The molecule has 0 saturated carbocycles. The van der Waals surface area contributed by atoms with Crippen LogP contribution in [0.25, 0.3) is 28.2 Å². The van der Waals surface area contributed by atoms with Gasteiger partial charge >= 0.3 is 6.18 Å². The van der Waals surface area contributed by atoms with Crippen molar-refractivity contribution in [2.45, 2.75) is 31.7 Å². The van der Waals surface area contributed by atoms with Crippen molar-refractivity contribution in [1.82, 2.24) is 15.2 Å². The molecule has 0 bridgehead atoms. The van der Waals surface area contributed by atoms with Gasteiger partial charge in [-0.2, -0.15) is 13.2 Å². The highest BCUT2D eigenvalue weighted by atomic mass is 19.4. The van der Waals surface area contributed by atoms with Crippen molar-refractivity contribution < 1.29 is 31.6 Å². The first-order valence-corrected chi connectivity index (χ1v) is 12.7. The predicted molar refractivity (Wildman–Crippen MR) is 146 cm³/mol. The molecule has 2 aromatic heterocycles. The zero-order valence-electron chi connectivity index (χ0n) is 22.0. The van der Waals surface area contributed by atoms with Crippen LogP contribution in [0.3, 0.4) is 0 Å². The highest BCUT2D eigenvalue weighted by Crippen LogP contribution is 2.34. The molecule has 2 aromatic carbocycles. The molecule has 212 valence electrons. The van der Waals surface area contributed by atoms with Crippen LogP contribution in [0, 0.1) is 0 Å². The average molecular weight is 567 g/mol. The number of carbonyl (C=O) groups is 2. The van der Waals surface area contributed by atoms with Crippen molar-refractivity contribution in [3.8, 4) is 11.1 Å². The van der Waals surface area contributed by atoms with Gasteiger partial charge in [-0.25, -0.2) is 9.37 Å². The van der Waals surface area contributed by atoms with Gasteiger partial charge in [0.2, 0.25) is 5.91 Å². The van der Waals surface area contributed by atoms with E-state index in [0.29, 0.717) is 33.5 Å². The molecule has 1 aliphatic rings. The molecule has 0 unspecified atom stereocenters. The number of nitrogens with two attached hydrogens (primary N) is 1. The molecule has 11 heteroatoms. The Morgan fingerprint density at radius 2 is 1.83 bits per heavy atom. The number of nitrogens with one attached hydrogen (secondary N) is 1. The van der Waals surface area contributed by atoms with Crippen LogP contribution in [0.15, 0.2) is 71.3 Å². The smallest absolute Gasteiger partial charge is 0.393 e. The summed E-state index contributed by atoms with van der Waals surface area (Å²) in [6.45, 7) is 1.43. The first-order chi connectivity index (χ1) is 19.3. The maximum absolute atomic E-state index is 13.8. The molecule has 2 amide bonds. The lowest BCUT2D eigenvalue weighted by Gasteiger charge is -2.42. The summed E-state index contributed by atoms with van der Waals surface area (Å²) in [6.07, 6.45) is -1.32. The zero-order valence-corrected chi connectivity index (χ0v) is 22.0. The van der Waals surface area contributed by atoms with Gasteiger partial charge in [-0.15, -0.1) is 0 Å². The number of fused-ring (bicyclic) bond motifs is 1. The van der Waals surface area contributed by atoms with Gasteiger partial charge in [-0.3, -0.25) is 9.59 Å². The Morgan fingerprint density at radius 1 is 1.10 bits per heavy atom. The molecule has 0 atom stereocenters. The van der Waals surface area contributed by atoms with Crippen molar-refractivity contribution in [3.63, 3.8) is 0 Å². The summed E-state index contributed by atoms with van der Waals surface area (Å²) in [7, 11) is 0. The van der Waals surface area contributed by atoms with Crippen molar-refractivity contribution in [3.05, 3.63) is 89.3 Å². The fourth-order valence-electron chi connectivity index (χ4n) is 4.68. The lowest BCUT2D eigenvalue weighted by Crippen LogP contribution is -2.59. The fraction of sp³-hybridized carbons (Fsp3) is 0.233. The van der Waals surface area contributed by atoms with Gasteiger partial charge < -0.3 is 20.4 Å². The Hall–Kier alpha value is -4.67. The van der Waals surface area contributed by atoms with Crippen LogP contribution in [0.2, 0.25) is 0 Å². The van der Waals surface area contributed by atoms with Gasteiger partial charge in [-0.05, 0) is 72.2 Å². The number of hydrogen-bond acceptors (Lipinski definition) is 5. The molecule has 4 aromatic rings. The number of rotatable bonds is 7. The average Bonchev–Trinajstić information content (AvgIpc) is 3.32. The molecular weight excluding hydrogens is 540 g/mol. The Balaban J connectivity index is 1.34. The second-order valence-electron chi connectivity index (χ2n) is 10.3. The molecule has 3 heterocycles. The van der Waals surface area contributed by atoms with E-state index in [1.807, 2.05) is 0 Å². The van der Waals surface area contributed by atoms with E-state index in [0.717, 1.165) is 0 Å². The van der Waals surface area contributed by atoms with Crippen LogP contribution in [0.4, 0.5) is 23.4 Å². The van der Waals surface area contributed by atoms with Gasteiger partial charge in [-0.1, -0.05) is 12.1 Å². The fourth-order valence-corrected chi connectivity index (χ4v) is 4.68. The minimum atomic E-state index is -4.48. The Kier molecular flexibility index (Phi) is 7.29. The first-order valence-electron chi connectivity index (χ1n) is 12.7. The number of likely N-dealkylation sites (tertiary alicyclic amines) is 1.